The average Bonchev–Trinajstić information content (AvgIpc) is 2.98. The average molecular weight is 422 g/mol. The molecule has 0 saturated heterocycles. The van der Waals surface area contributed by atoms with Crippen LogP contribution in [-0.4, -0.2) is 37.4 Å². The first-order chi connectivity index (χ1) is 14.3. The highest BCUT2D eigenvalue weighted by molar-refractivity contribution is 5.99. The van der Waals surface area contributed by atoms with E-state index in [1.54, 1.807) is 24.1 Å². The maximum Gasteiger partial charge on any atom is 0.573 e. The fourth-order valence-corrected chi connectivity index (χ4v) is 3.63. The second-order valence-electron chi connectivity index (χ2n) is 7.32. The maximum absolute atomic E-state index is 12.8. The summed E-state index contributed by atoms with van der Waals surface area (Å²) in [5.41, 5.74) is 4.49. The Morgan fingerprint density at radius 3 is 2.53 bits per heavy atom. The molecule has 0 aromatic heterocycles. The second kappa shape index (κ2) is 9.49. The van der Waals surface area contributed by atoms with Gasteiger partial charge in [-0.2, -0.15) is 0 Å². The molecule has 0 unspecified atom stereocenters. The van der Waals surface area contributed by atoms with Crippen molar-refractivity contribution < 1.29 is 27.4 Å². The van der Waals surface area contributed by atoms with Gasteiger partial charge in [-0.05, 0) is 54.3 Å². The number of hydrogen-bond donors (Lipinski definition) is 1. The van der Waals surface area contributed by atoms with Crippen LogP contribution in [0.2, 0.25) is 0 Å². The van der Waals surface area contributed by atoms with Crippen LogP contribution in [0.3, 0.4) is 0 Å². The zero-order valence-electron chi connectivity index (χ0n) is 17.0. The summed E-state index contributed by atoms with van der Waals surface area (Å²) in [5, 5.41) is 3.37. The smallest absolute Gasteiger partial charge is 0.406 e. The summed E-state index contributed by atoms with van der Waals surface area (Å²) in [4.78, 5) is 14.5. The highest BCUT2D eigenvalue weighted by Crippen LogP contribution is 2.29. The minimum Gasteiger partial charge on any atom is -0.406 e. The maximum atomic E-state index is 12.8. The Morgan fingerprint density at radius 1 is 1.13 bits per heavy atom. The molecule has 1 aliphatic heterocycles. The summed E-state index contributed by atoms with van der Waals surface area (Å²) < 4.78 is 45.8. The quantitative estimate of drug-likeness (QED) is 0.616. The van der Waals surface area contributed by atoms with Crippen LogP contribution in [-0.2, 0) is 24.4 Å². The number of methoxy groups -OCH3 is 1. The molecule has 2 aromatic carbocycles. The van der Waals surface area contributed by atoms with Crippen molar-refractivity contribution in [1.29, 1.82) is 0 Å². The van der Waals surface area contributed by atoms with Gasteiger partial charge in [0.1, 0.15) is 5.75 Å². The SMILES string of the molecule is COCCCNCc1cc(C)c2c(c1)CN(Cc1ccc(OC(F)(F)F)cc1)C2=O. The molecule has 8 heteroatoms. The number of amides is 1. The first-order valence-electron chi connectivity index (χ1n) is 9.73. The number of carbonyl (C=O) groups is 1. The molecule has 5 nitrogen and oxygen atoms in total. The number of halogens is 3. The van der Waals surface area contributed by atoms with Crippen molar-refractivity contribution in [2.24, 2.45) is 0 Å². The number of alkyl halides is 3. The van der Waals surface area contributed by atoms with Crippen molar-refractivity contribution in [2.75, 3.05) is 20.3 Å². The second-order valence-corrected chi connectivity index (χ2v) is 7.32. The number of carbonyl (C=O) groups excluding carboxylic acids is 1. The van der Waals surface area contributed by atoms with Crippen molar-refractivity contribution in [3.05, 3.63) is 64.2 Å². The topological polar surface area (TPSA) is 50.8 Å². The predicted molar refractivity (Wildman–Crippen MR) is 106 cm³/mol. The van der Waals surface area contributed by atoms with Gasteiger partial charge < -0.3 is 19.7 Å². The van der Waals surface area contributed by atoms with E-state index in [0.29, 0.717) is 26.2 Å². The molecule has 0 bridgehead atoms. The summed E-state index contributed by atoms with van der Waals surface area (Å²) >= 11 is 0. The number of fused-ring (bicyclic) bond motifs is 1. The lowest BCUT2D eigenvalue weighted by molar-refractivity contribution is -0.274. The van der Waals surface area contributed by atoms with E-state index in [2.05, 4.69) is 10.1 Å². The molecule has 0 saturated carbocycles. The molecule has 1 heterocycles. The highest BCUT2D eigenvalue weighted by atomic mass is 19.4. The van der Waals surface area contributed by atoms with E-state index in [0.717, 1.165) is 40.8 Å². The Hall–Kier alpha value is -2.58. The number of hydrogen-bond acceptors (Lipinski definition) is 4. The molecular formula is C22H25F3N2O3. The third kappa shape index (κ3) is 5.73. The molecule has 0 spiro atoms. The zero-order chi connectivity index (χ0) is 21.7. The van der Waals surface area contributed by atoms with Gasteiger partial charge in [0.2, 0.25) is 0 Å². The standard InChI is InChI=1S/C22H25F3N2O3/c1-15-10-17(12-26-8-3-9-29-2)11-18-14-27(21(28)20(15)18)13-16-4-6-19(7-5-16)30-22(23,24)25/h4-7,10-11,26H,3,8-9,12-14H2,1-2H3. The van der Waals surface area contributed by atoms with Crippen LogP contribution in [0.25, 0.3) is 0 Å². The monoisotopic (exact) mass is 422 g/mol. The molecule has 1 aliphatic rings. The Bertz CT molecular complexity index is 882. The first-order valence-corrected chi connectivity index (χ1v) is 9.73. The van der Waals surface area contributed by atoms with Crippen molar-refractivity contribution in [3.63, 3.8) is 0 Å². The summed E-state index contributed by atoms with van der Waals surface area (Å²) in [5.74, 6) is -0.335. The van der Waals surface area contributed by atoms with Crippen LogP contribution in [0.15, 0.2) is 36.4 Å². The number of nitrogens with one attached hydrogen (secondary N) is 1. The van der Waals surface area contributed by atoms with Gasteiger partial charge >= 0.3 is 6.36 Å². The minimum absolute atomic E-state index is 0.0577. The Balaban J connectivity index is 1.63. The number of benzene rings is 2. The number of nitrogens with zero attached hydrogens (tertiary/aromatic N) is 1. The van der Waals surface area contributed by atoms with Crippen molar-refractivity contribution in [1.82, 2.24) is 10.2 Å². The molecule has 3 rings (SSSR count). The Labute approximate surface area is 173 Å². The Kier molecular flexibility index (Phi) is 6.99. The predicted octanol–water partition coefficient (Wildman–Crippen LogP) is 4.18. The third-order valence-electron chi connectivity index (χ3n) is 4.90. The summed E-state index contributed by atoms with van der Waals surface area (Å²) in [7, 11) is 1.68. The van der Waals surface area contributed by atoms with Gasteiger partial charge in [0.25, 0.3) is 5.91 Å². The van der Waals surface area contributed by atoms with Gasteiger partial charge in [0.15, 0.2) is 0 Å². The summed E-state index contributed by atoms with van der Waals surface area (Å²) in [6.07, 6.45) is -3.79. The summed E-state index contributed by atoms with van der Waals surface area (Å²) in [6.45, 7) is 5.01. The van der Waals surface area contributed by atoms with Crippen LogP contribution in [0, 0.1) is 6.92 Å². The normalized spacial score (nSPS) is 13.6. The lowest BCUT2D eigenvalue weighted by Gasteiger charge is -2.16. The molecule has 0 fully saturated rings. The van der Waals surface area contributed by atoms with E-state index >= 15 is 0 Å². The van der Waals surface area contributed by atoms with E-state index in [1.165, 1.54) is 12.1 Å². The molecule has 0 atom stereocenters. The van der Waals surface area contributed by atoms with Gasteiger partial charge in [-0.3, -0.25) is 4.79 Å². The van der Waals surface area contributed by atoms with Crippen LogP contribution >= 0.6 is 0 Å². The van der Waals surface area contributed by atoms with Gasteiger partial charge in [-0.25, -0.2) is 0 Å². The van der Waals surface area contributed by atoms with Gasteiger partial charge in [-0.1, -0.05) is 24.3 Å². The molecule has 1 amide bonds. The van der Waals surface area contributed by atoms with E-state index < -0.39 is 6.36 Å². The van der Waals surface area contributed by atoms with Gasteiger partial charge in [0, 0.05) is 38.9 Å². The lowest BCUT2D eigenvalue weighted by atomic mass is 10.0. The van der Waals surface area contributed by atoms with Crippen molar-refractivity contribution in [3.8, 4) is 5.75 Å². The zero-order valence-corrected chi connectivity index (χ0v) is 17.0. The summed E-state index contributed by atoms with van der Waals surface area (Å²) in [6, 6.07) is 9.67. The fourth-order valence-electron chi connectivity index (χ4n) is 3.63. The molecule has 162 valence electrons. The lowest BCUT2D eigenvalue weighted by Crippen LogP contribution is -2.23. The van der Waals surface area contributed by atoms with Crippen LogP contribution in [0.1, 0.15) is 39.0 Å². The number of ether oxygens (including phenoxy) is 2. The molecule has 0 radical (unpaired) electrons. The van der Waals surface area contributed by atoms with Crippen molar-refractivity contribution >= 4 is 5.91 Å². The molecule has 0 aliphatic carbocycles. The largest absolute Gasteiger partial charge is 0.573 e. The van der Waals surface area contributed by atoms with E-state index in [1.807, 2.05) is 19.1 Å². The van der Waals surface area contributed by atoms with Gasteiger partial charge in [0.05, 0.1) is 0 Å². The van der Waals surface area contributed by atoms with Crippen molar-refractivity contribution in [2.45, 2.75) is 39.3 Å². The molecule has 30 heavy (non-hydrogen) atoms. The number of aryl methyl sites for hydroxylation is 1. The number of rotatable bonds is 9. The van der Waals surface area contributed by atoms with E-state index in [9.17, 15) is 18.0 Å². The third-order valence-corrected chi connectivity index (χ3v) is 4.90. The fraction of sp³-hybridized carbons (Fsp3) is 0.409. The van der Waals surface area contributed by atoms with Gasteiger partial charge in [-0.15, -0.1) is 13.2 Å². The first kappa shape index (κ1) is 22.1. The molecule has 1 N–H and O–H groups in total. The molecular weight excluding hydrogens is 397 g/mol. The van der Waals surface area contributed by atoms with Crippen LogP contribution in [0.4, 0.5) is 13.2 Å². The minimum atomic E-state index is -4.72. The highest BCUT2D eigenvalue weighted by Gasteiger charge is 2.31. The molecule has 2 aromatic rings. The van der Waals surface area contributed by atoms with E-state index in [-0.39, 0.29) is 11.7 Å². The van der Waals surface area contributed by atoms with Crippen LogP contribution < -0.4 is 10.1 Å². The van der Waals surface area contributed by atoms with Crippen LogP contribution in [0.5, 0.6) is 5.75 Å². The Morgan fingerprint density at radius 2 is 1.87 bits per heavy atom. The van der Waals surface area contributed by atoms with E-state index in [4.69, 9.17) is 4.74 Å².